The van der Waals surface area contributed by atoms with Gasteiger partial charge in [0.25, 0.3) is 0 Å². The van der Waals surface area contributed by atoms with Gasteiger partial charge in [-0.2, -0.15) is 0 Å². The molecule has 1 aromatic carbocycles. The number of aromatic nitrogens is 2. The van der Waals surface area contributed by atoms with E-state index < -0.39 is 0 Å². The molecule has 0 amide bonds. The summed E-state index contributed by atoms with van der Waals surface area (Å²) in [6.07, 6.45) is 3.18. The van der Waals surface area contributed by atoms with Crippen LogP contribution in [-0.4, -0.2) is 24.2 Å². The number of methoxy groups -OCH3 is 2. The van der Waals surface area contributed by atoms with E-state index in [0.29, 0.717) is 17.0 Å². The summed E-state index contributed by atoms with van der Waals surface area (Å²) < 4.78 is 11.2. The third kappa shape index (κ3) is 3.24. The topological polar surface area (TPSA) is 47.1 Å². The fourth-order valence-corrected chi connectivity index (χ4v) is 2.65. The molecule has 1 aliphatic carbocycles. The molecule has 1 heterocycles. The van der Waals surface area contributed by atoms with E-state index in [0.717, 1.165) is 22.9 Å². The summed E-state index contributed by atoms with van der Waals surface area (Å²) in [7, 11) is 3.27. The second-order valence-electron chi connectivity index (χ2n) is 5.26. The van der Waals surface area contributed by atoms with Gasteiger partial charge in [0.05, 0.1) is 14.2 Å². The molecule has 5 heteroatoms. The lowest BCUT2D eigenvalue weighted by molar-refractivity contribution is 0.354. The maximum Gasteiger partial charge on any atom is 0.161 e. The van der Waals surface area contributed by atoms with Gasteiger partial charge < -0.3 is 14.5 Å². The van der Waals surface area contributed by atoms with Crippen LogP contribution in [0.1, 0.15) is 35.8 Å². The number of hydrogen-bond acceptors (Lipinski definition) is 4. The van der Waals surface area contributed by atoms with Crippen molar-refractivity contribution >= 4 is 12.2 Å². The first-order valence-electron chi connectivity index (χ1n) is 7.00. The minimum atomic E-state index is 0.638. The van der Waals surface area contributed by atoms with Gasteiger partial charge in [-0.15, -0.1) is 0 Å². The molecule has 1 N–H and O–H groups in total. The Labute approximate surface area is 129 Å². The van der Waals surface area contributed by atoms with Crippen molar-refractivity contribution in [1.29, 1.82) is 0 Å². The van der Waals surface area contributed by atoms with Gasteiger partial charge in [-0.1, -0.05) is 18.3 Å². The standard InChI is InChI=1S/C16H18N2O2S/c1-19-13-6-3-10(7-14(13)20-2)8-15-17-12(11-4-5-11)9-16(21)18-15/h3,6-7,9,11H,4-5,8H2,1-2H3,(H,17,18,21). The first-order chi connectivity index (χ1) is 10.2. The molecule has 3 rings (SSSR count). The van der Waals surface area contributed by atoms with Gasteiger partial charge in [-0.05, 0) is 42.5 Å². The average Bonchev–Trinajstić information content (AvgIpc) is 3.31. The van der Waals surface area contributed by atoms with Gasteiger partial charge in [-0.3, -0.25) is 0 Å². The quantitative estimate of drug-likeness (QED) is 0.857. The Morgan fingerprint density at radius 2 is 1.95 bits per heavy atom. The first-order valence-corrected chi connectivity index (χ1v) is 7.41. The number of hydrogen-bond donors (Lipinski definition) is 1. The number of H-pyrrole nitrogens is 1. The van der Waals surface area contributed by atoms with Crippen LogP contribution in [0.15, 0.2) is 24.3 Å². The number of nitrogens with one attached hydrogen (secondary N) is 1. The van der Waals surface area contributed by atoms with Gasteiger partial charge >= 0.3 is 0 Å². The highest BCUT2D eigenvalue weighted by Gasteiger charge is 2.24. The van der Waals surface area contributed by atoms with Crippen LogP contribution in [0.5, 0.6) is 11.5 Å². The normalized spacial score (nSPS) is 14.0. The van der Waals surface area contributed by atoms with Crippen molar-refractivity contribution in [3.05, 3.63) is 46.0 Å². The average molecular weight is 302 g/mol. The van der Waals surface area contributed by atoms with E-state index in [1.54, 1.807) is 14.2 Å². The van der Waals surface area contributed by atoms with Gasteiger partial charge in [0.15, 0.2) is 11.5 Å². The minimum absolute atomic E-state index is 0.638. The predicted octanol–water partition coefficient (Wildman–Crippen LogP) is 3.62. The van der Waals surface area contributed by atoms with Crippen LogP contribution in [0.3, 0.4) is 0 Å². The molecular weight excluding hydrogens is 284 g/mol. The van der Waals surface area contributed by atoms with Crippen LogP contribution in [0.25, 0.3) is 0 Å². The Kier molecular flexibility index (Phi) is 3.92. The maximum absolute atomic E-state index is 5.33. The molecule has 0 aliphatic heterocycles. The summed E-state index contributed by atoms with van der Waals surface area (Å²) in [5.41, 5.74) is 2.32. The van der Waals surface area contributed by atoms with Gasteiger partial charge in [0, 0.05) is 12.1 Å². The van der Waals surface area contributed by atoms with E-state index in [1.165, 1.54) is 18.5 Å². The fraction of sp³-hybridized carbons (Fsp3) is 0.375. The SMILES string of the molecule is COc1ccc(Cc2nc(=S)cc(C3CC3)[nH]2)cc1OC. The van der Waals surface area contributed by atoms with Gasteiger partial charge in [-0.25, -0.2) is 4.98 Å². The smallest absolute Gasteiger partial charge is 0.161 e. The second kappa shape index (κ2) is 5.85. The molecule has 1 fully saturated rings. The largest absolute Gasteiger partial charge is 0.493 e. The van der Waals surface area contributed by atoms with Crippen LogP contribution in [0.2, 0.25) is 0 Å². The molecule has 110 valence electrons. The van der Waals surface area contributed by atoms with E-state index >= 15 is 0 Å². The molecule has 0 saturated heterocycles. The van der Waals surface area contributed by atoms with E-state index in [-0.39, 0.29) is 0 Å². The monoisotopic (exact) mass is 302 g/mol. The summed E-state index contributed by atoms with van der Waals surface area (Å²) in [6.45, 7) is 0. The highest BCUT2D eigenvalue weighted by atomic mass is 32.1. The zero-order valence-corrected chi connectivity index (χ0v) is 13.0. The van der Waals surface area contributed by atoms with E-state index in [2.05, 4.69) is 9.97 Å². The zero-order valence-electron chi connectivity index (χ0n) is 12.2. The lowest BCUT2D eigenvalue weighted by Crippen LogP contribution is -2.01. The Bertz CT molecular complexity index is 708. The summed E-state index contributed by atoms with van der Waals surface area (Å²) in [5, 5.41) is 0. The Morgan fingerprint density at radius 3 is 2.62 bits per heavy atom. The molecule has 0 spiro atoms. The fourth-order valence-electron chi connectivity index (χ4n) is 2.41. The molecule has 1 aromatic heterocycles. The number of ether oxygens (including phenoxy) is 2. The molecular formula is C16H18N2O2S. The maximum atomic E-state index is 5.33. The molecule has 4 nitrogen and oxygen atoms in total. The van der Waals surface area contributed by atoms with Crippen molar-refractivity contribution in [2.45, 2.75) is 25.2 Å². The second-order valence-corrected chi connectivity index (χ2v) is 5.68. The highest BCUT2D eigenvalue weighted by Crippen LogP contribution is 2.39. The molecule has 21 heavy (non-hydrogen) atoms. The van der Waals surface area contributed by atoms with E-state index in [9.17, 15) is 0 Å². The van der Waals surface area contributed by atoms with Crippen molar-refractivity contribution in [2.24, 2.45) is 0 Å². The van der Waals surface area contributed by atoms with E-state index in [4.69, 9.17) is 21.7 Å². The number of rotatable bonds is 5. The highest BCUT2D eigenvalue weighted by molar-refractivity contribution is 7.71. The molecule has 1 saturated carbocycles. The molecule has 0 bridgehead atoms. The van der Waals surface area contributed by atoms with Crippen LogP contribution in [0, 0.1) is 4.64 Å². The molecule has 0 unspecified atom stereocenters. The summed E-state index contributed by atoms with van der Waals surface area (Å²) in [5.74, 6) is 3.00. The lowest BCUT2D eigenvalue weighted by Gasteiger charge is -2.10. The van der Waals surface area contributed by atoms with Crippen molar-refractivity contribution < 1.29 is 9.47 Å². The van der Waals surface area contributed by atoms with Crippen LogP contribution >= 0.6 is 12.2 Å². The van der Waals surface area contributed by atoms with Gasteiger partial charge in [0.2, 0.25) is 0 Å². The Balaban J connectivity index is 1.87. The lowest BCUT2D eigenvalue weighted by atomic mass is 10.1. The Morgan fingerprint density at radius 1 is 1.19 bits per heavy atom. The number of nitrogens with zero attached hydrogens (tertiary/aromatic N) is 1. The molecule has 1 aliphatic rings. The summed E-state index contributed by atoms with van der Waals surface area (Å²) >= 11 is 5.26. The van der Waals surface area contributed by atoms with Crippen LogP contribution in [0.4, 0.5) is 0 Å². The van der Waals surface area contributed by atoms with Crippen LogP contribution in [-0.2, 0) is 6.42 Å². The van der Waals surface area contributed by atoms with Gasteiger partial charge in [0.1, 0.15) is 10.5 Å². The van der Waals surface area contributed by atoms with Crippen molar-refractivity contribution in [3.8, 4) is 11.5 Å². The summed E-state index contributed by atoms with van der Waals surface area (Å²) in [4.78, 5) is 7.84. The van der Waals surface area contributed by atoms with Crippen molar-refractivity contribution in [3.63, 3.8) is 0 Å². The number of aromatic amines is 1. The van der Waals surface area contributed by atoms with Crippen molar-refractivity contribution in [2.75, 3.05) is 14.2 Å². The van der Waals surface area contributed by atoms with Crippen molar-refractivity contribution in [1.82, 2.24) is 9.97 Å². The first kappa shape index (κ1) is 14.1. The number of benzene rings is 1. The van der Waals surface area contributed by atoms with Crippen LogP contribution < -0.4 is 9.47 Å². The zero-order chi connectivity index (χ0) is 14.8. The third-order valence-electron chi connectivity index (χ3n) is 3.65. The third-order valence-corrected chi connectivity index (χ3v) is 3.86. The summed E-state index contributed by atoms with van der Waals surface area (Å²) in [6, 6.07) is 7.88. The molecule has 0 atom stereocenters. The predicted molar refractivity (Wildman–Crippen MR) is 83.7 cm³/mol. The van der Waals surface area contributed by atoms with E-state index in [1.807, 2.05) is 24.3 Å². The Hall–Kier alpha value is -1.88. The molecule has 0 radical (unpaired) electrons. The molecule has 2 aromatic rings. The minimum Gasteiger partial charge on any atom is -0.493 e.